The molecular formula is C11H8FI2NO. The molecule has 0 saturated carbocycles. The molecule has 0 fully saturated rings. The van der Waals surface area contributed by atoms with E-state index in [4.69, 9.17) is 4.42 Å². The number of rotatable bonds is 3. The Kier molecular flexibility index (Phi) is 4.06. The van der Waals surface area contributed by atoms with E-state index in [-0.39, 0.29) is 5.82 Å². The lowest BCUT2D eigenvalue weighted by Crippen LogP contribution is -2.00. The fourth-order valence-electron chi connectivity index (χ4n) is 1.26. The topological polar surface area (TPSA) is 25.2 Å². The molecule has 2 nitrogen and oxygen atoms in total. The molecule has 2 aromatic rings. The van der Waals surface area contributed by atoms with Crippen molar-refractivity contribution in [1.82, 2.24) is 0 Å². The fourth-order valence-corrected chi connectivity index (χ4v) is 2.39. The summed E-state index contributed by atoms with van der Waals surface area (Å²) in [5.41, 5.74) is 0.911. The molecule has 0 bridgehead atoms. The Balaban J connectivity index is 2.04. The molecule has 1 aromatic carbocycles. The molecule has 0 aliphatic heterocycles. The molecule has 0 spiro atoms. The fraction of sp³-hybridized carbons (Fsp3) is 0.0909. The second-order valence-electron chi connectivity index (χ2n) is 3.18. The monoisotopic (exact) mass is 443 g/mol. The van der Waals surface area contributed by atoms with Crippen LogP contribution in [0.15, 0.2) is 34.7 Å². The quantitative estimate of drug-likeness (QED) is 0.719. The number of hydrogen-bond donors (Lipinski definition) is 1. The van der Waals surface area contributed by atoms with E-state index in [2.05, 4.69) is 50.5 Å². The number of anilines is 1. The molecule has 0 unspecified atom stereocenters. The molecule has 84 valence electrons. The molecule has 0 atom stereocenters. The summed E-state index contributed by atoms with van der Waals surface area (Å²) < 4.78 is 20.0. The van der Waals surface area contributed by atoms with Gasteiger partial charge in [0.1, 0.15) is 11.6 Å². The highest BCUT2D eigenvalue weighted by atomic mass is 127. The van der Waals surface area contributed by atoms with Gasteiger partial charge in [0.2, 0.25) is 0 Å². The van der Waals surface area contributed by atoms with Crippen LogP contribution < -0.4 is 5.32 Å². The van der Waals surface area contributed by atoms with Crippen LogP contribution in [0.2, 0.25) is 0 Å². The van der Waals surface area contributed by atoms with Crippen LogP contribution in [-0.2, 0) is 6.54 Å². The summed E-state index contributed by atoms with van der Waals surface area (Å²) >= 11 is 4.22. The highest BCUT2D eigenvalue weighted by molar-refractivity contribution is 14.1. The maximum absolute atomic E-state index is 12.9. The van der Waals surface area contributed by atoms with E-state index in [9.17, 15) is 4.39 Å². The van der Waals surface area contributed by atoms with Gasteiger partial charge in [0.15, 0.2) is 3.77 Å². The van der Waals surface area contributed by atoms with Gasteiger partial charge in [-0.1, -0.05) is 0 Å². The van der Waals surface area contributed by atoms with E-state index in [1.54, 1.807) is 6.07 Å². The molecule has 5 heteroatoms. The smallest absolute Gasteiger partial charge is 0.164 e. The molecule has 0 amide bonds. The molecule has 1 heterocycles. The van der Waals surface area contributed by atoms with Crippen LogP contribution in [0.5, 0.6) is 0 Å². The number of hydrogen-bond acceptors (Lipinski definition) is 2. The second-order valence-corrected chi connectivity index (χ2v) is 5.41. The van der Waals surface area contributed by atoms with E-state index in [1.807, 2.05) is 12.1 Å². The first-order valence-corrected chi connectivity index (χ1v) is 6.74. The minimum Gasteiger partial charge on any atom is -0.454 e. The van der Waals surface area contributed by atoms with Crippen molar-refractivity contribution in [1.29, 1.82) is 0 Å². The summed E-state index contributed by atoms with van der Waals surface area (Å²) in [5, 5.41) is 3.20. The van der Waals surface area contributed by atoms with Gasteiger partial charge < -0.3 is 9.73 Å². The Morgan fingerprint density at radius 2 is 2.00 bits per heavy atom. The Labute approximate surface area is 120 Å². The van der Waals surface area contributed by atoms with Crippen molar-refractivity contribution in [2.75, 3.05) is 5.32 Å². The largest absolute Gasteiger partial charge is 0.454 e. The molecule has 0 aliphatic rings. The zero-order valence-corrected chi connectivity index (χ0v) is 12.5. The number of nitrogens with one attached hydrogen (secondary N) is 1. The maximum atomic E-state index is 12.9. The van der Waals surface area contributed by atoms with Crippen LogP contribution in [0.3, 0.4) is 0 Å². The van der Waals surface area contributed by atoms with Gasteiger partial charge in [-0.25, -0.2) is 4.39 Å². The molecule has 0 aliphatic carbocycles. The lowest BCUT2D eigenvalue weighted by Gasteiger charge is -2.06. The van der Waals surface area contributed by atoms with Gasteiger partial charge in [0.05, 0.1) is 6.54 Å². The molecule has 0 radical (unpaired) electrons. The summed E-state index contributed by atoms with van der Waals surface area (Å²) in [7, 11) is 0. The molecule has 1 N–H and O–H groups in total. The number of benzene rings is 1. The SMILES string of the molecule is Fc1ccc(NCc2ccc(I)o2)c(I)c1. The van der Waals surface area contributed by atoms with Crippen molar-refractivity contribution >= 4 is 50.9 Å². The first-order valence-electron chi connectivity index (χ1n) is 4.58. The average Bonchev–Trinajstić information content (AvgIpc) is 2.63. The minimum absolute atomic E-state index is 0.220. The molecule has 1 aromatic heterocycles. The standard InChI is InChI=1S/C11H8FI2NO/c12-7-1-3-10(9(13)5-7)15-6-8-2-4-11(14)16-8/h1-5,15H,6H2. The molecular weight excluding hydrogens is 435 g/mol. The van der Waals surface area contributed by atoms with Gasteiger partial charge >= 0.3 is 0 Å². The normalized spacial score (nSPS) is 10.4. The Hall–Kier alpha value is -0.310. The molecule has 16 heavy (non-hydrogen) atoms. The molecule has 2 rings (SSSR count). The minimum atomic E-state index is -0.220. The predicted octanol–water partition coefficient (Wildman–Crippen LogP) is 4.24. The highest BCUT2D eigenvalue weighted by Crippen LogP contribution is 2.20. The Morgan fingerprint density at radius 3 is 2.62 bits per heavy atom. The van der Waals surface area contributed by atoms with Crippen LogP contribution in [-0.4, -0.2) is 0 Å². The summed E-state index contributed by atoms with van der Waals surface area (Å²) in [6, 6.07) is 8.49. The van der Waals surface area contributed by atoms with Gasteiger partial charge in [0.25, 0.3) is 0 Å². The van der Waals surface area contributed by atoms with Crippen LogP contribution >= 0.6 is 45.2 Å². The number of furan rings is 1. The van der Waals surface area contributed by atoms with E-state index in [0.717, 1.165) is 18.8 Å². The van der Waals surface area contributed by atoms with Crippen molar-refractivity contribution in [2.45, 2.75) is 6.54 Å². The summed E-state index contributed by atoms with van der Waals surface area (Å²) in [5.74, 6) is 0.645. The van der Waals surface area contributed by atoms with Crippen LogP contribution in [0.1, 0.15) is 5.76 Å². The van der Waals surface area contributed by atoms with E-state index in [0.29, 0.717) is 6.54 Å². The third-order valence-corrected chi connectivity index (χ3v) is 3.49. The third kappa shape index (κ3) is 3.09. The highest BCUT2D eigenvalue weighted by Gasteiger charge is 2.03. The van der Waals surface area contributed by atoms with Gasteiger partial charge in [-0.2, -0.15) is 0 Å². The van der Waals surface area contributed by atoms with Crippen LogP contribution in [0.25, 0.3) is 0 Å². The maximum Gasteiger partial charge on any atom is 0.164 e. The average molecular weight is 443 g/mol. The zero-order chi connectivity index (χ0) is 11.5. The van der Waals surface area contributed by atoms with Gasteiger partial charge in [-0.05, 0) is 75.5 Å². The van der Waals surface area contributed by atoms with Crippen molar-refractivity contribution in [3.05, 3.63) is 49.2 Å². The van der Waals surface area contributed by atoms with E-state index >= 15 is 0 Å². The number of halogens is 3. The van der Waals surface area contributed by atoms with Crippen LogP contribution in [0, 0.1) is 13.2 Å². The third-order valence-electron chi connectivity index (χ3n) is 2.01. The predicted molar refractivity (Wildman–Crippen MR) is 77.9 cm³/mol. The Morgan fingerprint density at radius 1 is 1.19 bits per heavy atom. The Bertz CT molecular complexity index is 498. The van der Waals surface area contributed by atoms with Gasteiger partial charge in [-0.3, -0.25) is 0 Å². The zero-order valence-electron chi connectivity index (χ0n) is 8.14. The summed E-state index contributed by atoms with van der Waals surface area (Å²) in [4.78, 5) is 0. The lowest BCUT2D eigenvalue weighted by molar-refractivity contribution is 0.493. The van der Waals surface area contributed by atoms with E-state index < -0.39 is 0 Å². The van der Waals surface area contributed by atoms with Gasteiger partial charge in [-0.15, -0.1) is 0 Å². The van der Waals surface area contributed by atoms with Crippen molar-refractivity contribution in [2.24, 2.45) is 0 Å². The van der Waals surface area contributed by atoms with Gasteiger partial charge in [0, 0.05) is 9.26 Å². The van der Waals surface area contributed by atoms with Crippen molar-refractivity contribution < 1.29 is 8.81 Å². The summed E-state index contributed by atoms with van der Waals surface area (Å²) in [6.45, 7) is 0.602. The molecule has 0 saturated heterocycles. The second kappa shape index (κ2) is 5.35. The van der Waals surface area contributed by atoms with Crippen molar-refractivity contribution in [3.63, 3.8) is 0 Å². The van der Waals surface area contributed by atoms with E-state index in [1.165, 1.54) is 12.1 Å². The first kappa shape index (κ1) is 12.2. The lowest BCUT2D eigenvalue weighted by atomic mass is 10.3. The first-order chi connectivity index (χ1) is 7.65. The summed E-state index contributed by atoms with van der Waals surface area (Å²) in [6.07, 6.45) is 0. The van der Waals surface area contributed by atoms with Crippen LogP contribution in [0.4, 0.5) is 10.1 Å². The van der Waals surface area contributed by atoms with Crippen molar-refractivity contribution in [3.8, 4) is 0 Å².